The van der Waals surface area contributed by atoms with Gasteiger partial charge >= 0.3 is 0 Å². The molecule has 1 aromatic carbocycles. The first kappa shape index (κ1) is 17.9. The van der Waals surface area contributed by atoms with E-state index in [9.17, 15) is 0 Å². The van der Waals surface area contributed by atoms with Crippen molar-refractivity contribution < 1.29 is 0 Å². The van der Waals surface area contributed by atoms with Gasteiger partial charge in [0.15, 0.2) is 0 Å². The Morgan fingerprint density at radius 3 is 1.11 bits per heavy atom. The van der Waals surface area contributed by atoms with Gasteiger partial charge in [-0.15, -0.1) is 0 Å². The first-order chi connectivity index (χ1) is 8.69. The molecular formula is C8H10I5N5. The van der Waals surface area contributed by atoms with Gasteiger partial charge in [0.25, 0.3) is 0 Å². The fourth-order valence-corrected chi connectivity index (χ4v) is 4.46. The molecule has 0 aliphatic heterocycles. The van der Waals surface area contributed by atoms with Crippen molar-refractivity contribution in [2.75, 3.05) is 17.7 Å². The zero-order valence-corrected chi connectivity index (χ0v) is 19.9. The first-order valence-corrected chi connectivity index (χ1v) is 10.1. The minimum absolute atomic E-state index is 0.939. The Bertz CT molecular complexity index is 306. The number of benzene rings is 1. The van der Waals surface area contributed by atoms with E-state index in [1.807, 2.05) is 0 Å². The maximum Gasteiger partial charge on any atom is 0.0956 e. The van der Waals surface area contributed by atoms with Crippen LogP contribution in [-0.2, 0) is 6.42 Å². The molecule has 0 aliphatic rings. The predicted molar refractivity (Wildman–Crippen MR) is 124 cm³/mol. The van der Waals surface area contributed by atoms with Gasteiger partial charge in [-0.3, -0.25) is 0 Å². The summed E-state index contributed by atoms with van der Waals surface area (Å²) in [5, 5.41) is 0. The fraction of sp³-hybridized carbons (Fsp3) is 0.250. The van der Waals surface area contributed by atoms with Crippen molar-refractivity contribution in [1.82, 2.24) is 0 Å². The van der Waals surface area contributed by atoms with Gasteiger partial charge in [-0.2, -0.15) is 0 Å². The van der Waals surface area contributed by atoms with Gasteiger partial charge in [0.2, 0.25) is 0 Å². The van der Waals surface area contributed by atoms with Crippen LogP contribution in [0.4, 0.5) is 28.4 Å². The summed E-state index contributed by atoms with van der Waals surface area (Å²) in [6.07, 6.45) is 0.939. The van der Waals surface area contributed by atoms with Gasteiger partial charge in [0.1, 0.15) is 0 Å². The maximum atomic E-state index is 3.25. The Balaban J connectivity index is 3.71. The maximum absolute atomic E-state index is 3.25. The lowest BCUT2D eigenvalue weighted by Gasteiger charge is -2.22. The first-order valence-electron chi connectivity index (χ1n) is 4.76. The van der Waals surface area contributed by atoms with Crippen molar-refractivity contribution in [3.8, 4) is 0 Å². The summed E-state index contributed by atoms with van der Waals surface area (Å²) in [5.74, 6) is 0. The third kappa shape index (κ3) is 3.55. The van der Waals surface area contributed by atoms with E-state index in [1.54, 1.807) is 0 Å². The number of anilines is 5. The van der Waals surface area contributed by atoms with Crippen LogP contribution in [0.5, 0.6) is 0 Å². The average molecular weight is 811 g/mol. The second-order valence-electron chi connectivity index (χ2n) is 3.18. The van der Waals surface area contributed by atoms with Crippen molar-refractivity contribution in [3.05, 3.63) is 5.56 Å². The summed E-state index contributed by atoms with van der Waals surface area (Å²) in [5.41, 5.74) is 6.56. The van der Waals surface area contributed by atoms with Gasteiger partial charge in [-0.25, -0.2) is 0 Å². The molecule has 5 nitrogen and oxygen atoms in total. The highest BCUT2D eigenvalue weighted by atomic mass is 127. The van der Waals surface area contributed by atoms with E-state index in [-0.39, 0.29) is 0 Å². The van der Waals surface area contributed by atoms with E-state index in [1.165, 1.54) is 5.56 Å². The second-order valence-corrected chi connectivity index (χ2v) is 5.88. The minimum atomic E-state index is 0.939. The van der Waals surface area contributed by atoms with E-state index in [0.717, 1.165) is 34.9 Å². The van der Waals surface area contributed by atoms with E-state index in [4.69, 9.17) is 0 Å². The summed E-state index contributed by atoms with van der Waals surface area (Å²) in [6, 6.07) is 0. The van der Waals surface area contributed by atoms with E-state index in [0.29, 0.717) is 0 Å². The average Bonchev–Trinajstić information content (AvgIpc) is 2.43. The molecule has 1 rings (SSSR count). The van der Waals surface area contributed by atoms with Crippen LogP contribution >= 0.6 is 114 Å². The summed E-state index contributed by atoms with van der Waals surface area (Å²) >= 11 is 10.8. The molecule has 18 heavy (non-hydrogen) atoms. The molecule has 0 aliphatic carbocycles. The van der Waals surface area contributed by atoms with E-state index < -0.39 is 0 Å². The molecule has 0 radical (unpaired) electrons. The smallest absolute Gasteiger partial charge is 0.0956 e. The normalized spacial score (nSPS) is 9.89. The molecule has 5 N–H and O–H groups in total. The summed E-state index contributed by atoms with van der Waals surface area (Å²) in [4.78, 5) is 0. The Kier molecular flexibility index (Phi) is 8.96. The van der Waals surface area contributed by atoms with Crippen molar-refractivity contribution in [3.63, 3.8) is 0 Å². The predicted octanol–water partition coefficient (Wildman–Crippen LogP) is 6.06. The number of rotatable bonds is 6. The Labute approximate surface area is 176 Å². The highest BCUT2D eigenvalue weighted by Crippen LogP contribution is 2.49. The molecule has 0 aromatic heterocycles. The topological polar surface area (TPSA) is 60.1 Å². The van der Waals surface area contributed by atoms with Crippen LogP contribution in [0.1, 0.15) is 12.5 Å². The molecule has 10 heteroatoms. The standard InChI is InChI=1S/C8H10I5N5/c1-2-3-4(14-9)6(16-11)8(18-13)7(17-12)5(3)15-10/h14-18H,2H2,1H3. The molecule has 0 saturated heterocycles. The lowest BCUT2D eigenvalue weighted by atomic mass is 10.0. The fourth-order valence-electron chi connectivity index (χ4n) is 1.65. The van der Waals surface area contributed by atoms with Crippen LogP contribution < -0.4 is 17.7 Å². The third-order valence-corrected chi connectivity index (χ3v) is 5.13. The van der Waals surface area contributed by atoms with Gasteiger partial charge in [0.05, 0.1) is 143 Å². The highest BCUT2D eigenvalue weighted by Gasteiger charge is 2.21. The van der Waals surface area contributed by atoms with Crippen LogP contribution in [0.2, 0.25) is 0 Å². The van der Waals surface area contributed by atoms with Crippen LogP contribution in [-0.4, -0.2) is 0 Å². The lowest BCUT2D eigenvalue weighted by Crippen LogP contribution is -2.04. The number of halogens is 5. The number of hydrogen-bond acceptors (Lipinski definition) is 5. The summed E-state index contributed by atoms with van der Waals surface area (Å²) in [7, 11) is 0. The van der Waals surface area contributed by atoms with Gasteiger partial charge < -0.3 is 17.7 Å². The molecule has 0 unspecified atom stereocenters. The van der Waals surface area contributed by atoms with Crippen molar-refractivity contribution >= 4 is 143 Å². The molecular weight excluding hydrogens is 801 g/mol. The molecule has 0 fully saturated rings. The monoisotopic (exact) mass is 811 g/mol. The van der Waals surface area contributed by atoms with Gasteiger partial charge in [0, 0.05) is 5.56 Å². The Morgan fingerprint density at radius 1 is 0.611 bits per heavy atom. The molecule has 1 aromatic rings. The van der Waals surface area contributed by atoms with Crippen LogP contribution in [0.3, 0.4) is 0 Å². The highest BCUT2D eigenvalue weighted by molar-refractivity contribution is 14.1. The SMILES string of the molecule is CCc1c(NI)c(NI)c(NI)c(NI)c1NI. The van der Waals surface area contributed by atoms with Crippen molar-refractivity contribution in [2.24, 2.45) is 0 Å². The summed E-state index contributed by atoms with van der Waals surface area (Å²) < 4.78 is 16.2. The number of nitrogens with one attached hydrogen (secondary N) is 5. The molecule has 0 amide bonds. The third-order valence-electron chi connectivity index (χ3n) is 2.43. The zero-order chi connectivity index (χ0) is 13.7. The number of hydrogen-bond donors (Lipinski definition) is 5. The molecule has 102 valence electrons. The molecule has 0 heterocycles. The molecule has 0 bridgehead atoms. The van der Waals surface area contributed by atoms with Crippen molar-refractivity contribution in [1.29, 1.82) is 0 Å². The quantitative estimate of drug-likeness (QED) is 0.179. The minimum Gasteiger partial charge on any atom is -0.326 e. The zero-order valence-electron chi connectivity index (χ0n) is 9.10. The Morgan fingerprint density at radius 2 is 0.889 bits per heavy atom. The molecule has 0 atom stereocenters. The van der Waals surface area contributed by atoms with Crippen LogP contribution in [0.25, 0.3) is 0 Å². The second kappa shape index (κ2) is 9.00. The van der Waals surface area contributed by atoms with E-state index in [2.05, 4.69) is 139 Å². The largest absolute Gasteiger partial charge is 0.326 e. The van der Waals surface area contributed by atoms with Crippen LogP contribution in [0, 0.1) is 0 Å². The lowest BCUT2D eigenvalue weighted by molar-refractivity contribution is 1.15. The van der Waals surface area contributed by atoms with Crippen LogP contribution in [0.15, 0.2) is 0 Å². The van der Waals surface area contributed by atoms with Crippen molar-refractivity contribution in [2.45, 2.75) is 13.3 Å². The summed E-state index contributed by atoms with van der Waals surface area (Å²) in [6.45, 7) is 2.15. The van der Waals surface area contributed by atoms with Gasteiger partial charge in [-0.1, -0.05) is 6.92 Å². The van der Waals surface area contributed by atoms with E-state index >= 15 is 0 Å². The molecule has 0 spiro atoms. The Hall–Kier alpha value is 1.87. The van der Waals surface area contributed by atoms with Gasteiger partial charge in [-0.05, 0) is 6.42 Å². The molecule has 0 saturated carbocycles.